The molecule has 1 heterocycles. The molecule has 1 amide bonds. The molecule has 0 spiro atoms. The molecule has 146 valence electrons. The molecular weight excluding hydrogens is 363 g/mol. The summed E-state index contributed by atoms with van der Waals surface area (Å²) in [5.41, 5.74) is 2.38. The van der Waals surface area contributed by atoms with Gasteiger partial charge in [0.25, 0.3) is 5.91 Å². The molecule has 0 bridgehead atoms. The minimum absolute atomic E-state index is 0.247. The number of rotatable bonds is 7. The van der Waals surface area contributed by atoms with Crippen molar-refractivity contribution in [3.05, 3.63) is 59.4 Å². The van der Waals surface area contributed by atoms with E-state index in [1.807, 2.05) is 13.8 Å². The van der Waals surface area contributed by atoms with Crippen molar-refractivity contribution in [3.8, 4) is 0 Å². The molecule has 8 heteroatoms. The minimum Gasteiger partial charge on any atom is -0.452 e. The minimum atomic E-state index is -0.608. The molecule has 0 aliphatic carbocycles. The number of carbonyl (C=O) groups excluding carboxylic acids is 2. The van der Waals surface area contributed by atoms with Gasteiger partial charge in [0.05, 0.1) is 11.1 Å². The van der Waals surface area contributed by atoms with Crippen LogP contribution in [0.2, 0.25) is 0 Å². The number of benzene rings is 2. The lowest BCUT2D eigenvalue weighted by molar-refractivity contribution is -0.134. The summed E-state index contributed by atoms with van der Waals surface area (Å²) in [5.74, 6) is -1.32. The van der Waals surface area contributed by atoms with E-state index in [9.17, 15) is 14.0 Å². The zero-order valence-electron chi connectivity index (χ0n) is 15.8. The number of aromatic nitrogens is 3. The summed E-state index contributed by atoms with van der Waals surface area (Å²) in [6, 6.07) is 11.0. The molecule has 0 saturated heterocycles. The first-order chi connectivity index (χ1) is 13.5. The van der Waals surface area contributed by atoms with Crippen LogP contribution in [-0.2, 0) is 22.6 Å². The van der Waals surface area contributed by atoms with Crippen molar-refractivity contribution in [1.82, 2.24) is 19.9 Å². The van der Waals surface area contributed by atoms with E-state index in [2.05, 4.69) is 10.3 Å². The predicted octanol–water partition coefficient (Wildman–Crippen LogP) is 2.80. The normalized spacial score (nSPS) is 10.8. The van der Waals surface area contributed by atoms with Gasteiger partial charge in [-0.2, -0.15) is 0 Å². The third-order valence-corrected chi connectivity index (χ3v) is 4.37. The topological polar surface area (TPSA) is 77.3 Å². The maximum Gasteiger partial charge on any atom is 0.338 e. The molecule has 7 nitrogen and oxygen atoms in total. The predicted molar refractivity (Wildman–Crippen MR) is 101 cm³/mol. The quantitative estimate of drug-likeness (QED) is 0.586. The average molecular weight is 384 g/mol. The fourth-order valence-corrected chi connectivity index (χ4v) is 2.87. The van der Waals surface area contributed by atoms with Gasteiger partial charge in [0, 0.05) is 19.6 Å². The van der Waals surface area contributed by atoms with Gasteiger partial charge in [-0.3, -0.25) is 4.79 Å². The molecule has 2 aromatic carbocycles. The van der Waals surface area contributed by atoms with Crippen LogP contribution in [0.25, 0.3) is 11.0 Å². The zero-order chi connectivity index (χ0) is 20.1. The van der Waals surface area contributed by atoms with E-state index in [1.54, 1.807) is 35.0 Å². The van der Waals surface area contributed by atoms with Gasteiger partial charge in [0.1, 0.15) is 11.3 Å². The van der Waals surface area contributed by atoms with E-state index >= 15 is 0 Å². The van der Waals surface area contributed by atoms with Crippen LogP contribution in [0, 0.1) is 5.82 Å². The molecule has 0 fully saturated rings. The number of halogens is 1. The van der Waals surface area contributed by atoms with Crippen LogP contribution in [-0.4, -0.2) is 44.9 Å². The standard InChI is InChI=1S/C20H21FN4O3/c1-3-24(12-14-6-5-7-16(21)10-14)19(26)13-28-20(27)15-8-9-18-17(11-15)22-23-25(18)4-2/h5-11H,3-4,12-13H2,1-2H3. The molecule has 3 rings (SSSR count). The van der Waals surface area contributed by atoms with Crippen LogP contribution in [0.1, 0.15) is 29.8 Å². The third-order valence-electron chi connectivity index (χ3n) is 4.37. The highest BCUT2D eigenvalue weighted by Crippen LogP contribution is 2.14. The highest BCUT2D eigenvalue weighted by atomic mass is 19.1. The van der Waals surface area contributed by atoms with Gasteiger partial charge in [-0.15, -0.1) is 5.10 Å². The number of esters is 1. The Labute approximate surface area is 161 Å². The first-order valence-electron chi connectivity index (χ1n) is 9.04. The summed E-state index contributed by atoms with van der Waals surface area (Å²) in [6.45, 7) is 4.71. The Hall–Kier alpha value is -3.29. The number of aryl methyl sites for hydroxylation is 1. The van der Waals surface area contributed by atoms with Crippen molar-refractivity contribution in [2.45, 2.75) is 26.9 Å². The highest BCUT2D eigenvalue weighted by molar-refractivity contribution is 5.94. The van der Waals surface area contributed by atoms with E-state index in [1.165, 1.54) is 17.0 Å². The summed E-state index contributed by atoms with van der Waals surface area (Å²) in [5, 5.41) is 8.02. The lowest BCUT2D eigenvalue weighted by Crippen LogP contribution is -2.34. The van der Waals surface area contributed by atoms with Crippen molar-refractivity contribution < 1.29 is 18.7 Å². The number of hydrogen-bond acceptors (Lipinski definition) is 5. The molecule has 0 N–H and O–H groups in total. The van der Waals surface area contributed by atoms with Crippen LogP contribution in [0.15, 0.2) is 42.5 Å². The maximum atomic E-state index is 13.3. The van der Waals surface area contributed by atoms with Crippen LogP contribution in [0.4, 0.5) is 4.39 Å². The lowest BCUT2D eigenvalue weighted by Gasteiger charge is -2.21. The highest BCUT2D eigenvalue weighted by Gasteiger charge is 2.17. The Kier molecular flexibility index (Phi) is 5.98. The van der Waals surface area contributed by atoms with Gasteiger partial charge in [-0.1, -0.05) is 17.3 Å². The SMILES string of the molecule is CCN(Cc1cccc(F)c1)C(=O)COC(=O)c1ccc2c(c1)nnn2CC. The largest absolute Gasteiger partial charge is 0.452 e. The first kappa shape index (κ1) is 19.5. The number of ether oxygens (including phenoxy) is 1. The molecular formula is C20H21FN4O3. The van der Waals surface area contributed by atoms with Gasteiger partial charge in [0.15, 0.2) is 6.61 Å². The Morgan fingerprint density at radius 1 is 1.18 bits per heavy atom. The van der Waals surface area contributed by atoms with E-state index in [-0.39, 0.29) is 24.9 Å². The third kappa shape index (κ3) is 4.33. The molecule has 1 aromatic heterocycles. The van der Waals surface area contributed by atoms with E-state index < -0.39 is 5.97 Å². The number of likely N-dealkylation sites (N-methyl/N-ethyl adjacent to an activating group) is 1. The van der Waals surface area contributed by atoms with Crippen molar-refractivity contribution in [3.63, 3.8) is 0 Å². The van der Waals surface area contributed by atoms with Gasteiger partial charge < -0.3 is 9.64 Å². The van der Waals surface area contributed by atoms with E-state index in [0.717, 1.165) is 5.52 Å². The van der Waals surface area contributed by atoms with Crippen LogP contribution < -0.4 is 0 Å². The Bertz CT molecular complexity index is 1000. The molecule has 0 saturated carbocycles. The lowest BCUT2D eigenvalue weighted by atomic mass is 10.2. The number of amides is 1. The number of nitrogens with zero attached hydrogens (tertiary/aromatic N) is 4. The van der Waals surface area contributed by atoms with Gasteiger partial charge in [-0.25, -0.2) is 13.9 Å². The summed E-state index contributed by atoms with van der Waals surface area (Å²) < 4.78 is 20.2. The molecule has 0 radical (unpaired) electrons. The molecule has 0 unspecified atom stereocenters. The van der Waals surface area contributed by atoms with Crippen LogP contribution in [0.5, 0.6) is 0 Å². The Balaban J connectivity index is 1.61. The number of carbonyl (C=O) groups is 2. The van der Waals surface area contributed by atoms with Crippen molar-refractivity contribution in [2.75, 3.05) is 13.2 Å². The van der Waals surface area contributed by atoms with Gasteiger partial charge in [0.2, 0.25) is 0 Å². The smallest absolute Gasteiger partial charge is 0.338 e. The molecule has 0 atom stereocenters. The summed E-state index contributed by atoms with van der Waals surface area (Å²) >= 11 is 0. The summed E-state index contributed by atoms with van der Waals surface area (Å²) in [4.78, 5) is 26.2. The van der Waals surface area contributed by atoms with Gasteiger partial charge >= 0.3 is 5.97 Å². The summed E-state index contributed by atoms with van der Waals surface area (Å²) in [7, 11) is 0. The molecule has 28 heavy (non-hydrogen) atoms. The average Bonchev–Trinajstić information content (AvgIpc) is 3.12. The Morgan fingerprint density at radius 2 is 2.00 bits per heavy atom. The monoisotopic (exact) mass is 384 g/mol. The number of hydrogen-bond donors (Lipinski definition) is 0. The second-order valence-electron chi connectivity index (χ2n) is 6.22. The fraction of sp³-hybridized carbons (Fsp3) is 0.300. The van der Waals surface area contributed by atoms with E-state index in [4.69, 9.17) is 4.74 Å². The fourth-order valence-electron chi connectivity index (χ4n) is 2.87. The van der Waals surface area contributed by atoms with Crippen LogP contribution in [0.3, 0.4) is 0 Å². The number of fused-ring (bicyclic) bond motifs is 1. The van der Waals surface area contributed by atoms with Crippen molar-refractivity contribution >= 4 is 22.9 Å². The van der Waals surface area contributed by atoms with Crippen molar-refractivity contribution in [2.24, 2.45) is 0 Å². The molecule has 3 aromatic rings. The van der Waals surface area contributed by atoms with Gasteiger partial charge in [-0.05, 0) is 49.7 Å². The second-order valence-corrected chi connectivity index (χ2v) is 6.22. The Morgan fingerprint density at radius 3 is 2.71 bits per heavy atom. The zero-order valence-corrected chi connectivity index (χ0v) is 15.8. The maximum absolute atomic E-state index is 13.3. The summed E-state index contributed by atoms with van der Waals surface area (Å²) in [6.07, 6.45) is 0. The second kappa shape index (κ2) is 8.60. The van der Waals surface area contributed by atoms with Crippen LogP contribution >= 0.6 is 0 Å². The van der Waals surface area contributed by atoms with E-state index in [0.29, 0.717) is 29.7 Å². The molecule has 0 aliphatic heterocycles. The van der Waals surface area contributed by atoms with Crippen molar-refractivity contribution in [1.29, 1.82) is 0 Å². The first-order valence-corrected chi connectivity index (χ1v) is 9.04. The molecule has 0 aliphatic rings.